The third kappa shape index (κ3) is 4.90. The number of benzene rings is 2. The van der Waals surface area contributed by atoms with Crippen molar-refractivity contribution in [1.29, 1.82) is 0 Å². The minimum absolute atomic E-state index is 0.163. The first kappa shape index (κ1) is 19.4. The second-order valence-electron chi connectivity index (χ2n) is 6.16. The number of nitrogens with one attached hydrogen (secondary N) is 1. The minimum atomic E-state index is -0.170. The van der Waals surface area contributed by atoms with Gasteiger partial charge in [0.05, 0.1) is 11.4 Å². The lowest BCUT2D eigenvalue weighted by molar-refractivity contribution is -0.113. The van der Waals surface area contributed by atoms with E-state index in [1.807, 2.05) is 35.7 Å². The summed E-state index contributed by atoms with van der Waals surface area (Å²) in [5.74, 6) is 0.431. The van der Waals surface area contributed by atoms with Crippen LogP contribution < -0.4 is 5.32 Å². The quantitative estimate of drug-likeness (QED) is 0.415. The van der Waals surface area contributed by atoms with Crippen LogP contribution in [0, 0.1) is 0 Å². The van der Waals surface area contributed by atoms with Gasteiger partial charge in [0, 0.05) is 16.5 Å². The first-order chi connectivity index (χ1) is 14.2. The SMILES string of the molecule is CCc1ccc(-c2csc(NC(=O)CSc3nnc(-c4ccccc4)o3)n2)cc1. The van der Waals surface area contributed by atoms with Crippen LogP contribution in [0.25, 0.3) is 22.7 Å². The average molecular weight is 423 g/mol. The largest absolute Gasteiger partial charge is 0.411 e. The molecule has 0 unspecified atom stereocenters. The second-order valence-corrected chi connectivity index (χ2v) is 7.95. The van der Waals surface area contributed by atoms with Crippen LogP contribution >= 0.6 is 23.1 Å². The Labute approximate surface area is 176 Å². The molecule has 29 heavy (non-hydrogen) atoms. The van der Waals surface area contributed by atoms with Crippen LogP contribution in [0.2, 0.25) is 0 Å². The zero-order valence-electron chi connectivity index (χ0n) is 15.7. The Morgan fingerprint density at radius 1 is 1.07 bits per heavy atom. The number of rotatable bonds is 7. The van der Waals surface area contributed by atoms with Crippen molar-refractivity contribution in [2.75, 3.05) is 11.1 Å². The first-order valence-corrected chi connectivity index (χ1v) is 10.9. The molecule has 0 atom stereocenters. The highest BCUT2D eigenvalue weighted by Crippen LogP contribution is 2.26. The molecular weight excluding hydrogens is 404 g/mol. The van der Waals surface area contributed by atoms with E-state index in [0.29, 0.717) is 16.2 Å². The highest BCUT2D eigenvalue weighted by atomic mass is 32.2. The lowest BCUT2D eigenvalue weighted by Crippen LogP contribution is -2.13. The van der Waals surface area contributed by atoms with Crippen LogP contribution in [-0.2, 0) is 11.2 Å². The normalized spacial score (nSPS) is 10.8. The monoisotopic (exact) mass is 422 g/mol. The van der Waals surface area contributed by atoms with Gasteiger partial charge in [-0.3, -0.25) is 4.79 Å². The molecule has 2 heterocycles. The fraction of sp³-hybridized carbons (Fsp3) is 0.143. The van der Waals surface area contributed by atoms with Crippen LogP contribution in [0.5, 0.6) is 0 Å². The van der Waals surface area contributed by atoms with Crippen LogP contribution in [0.1, 0.15) is 12.5 Å². The number of hydrogen-bond acceptors (Lipinski definition) is 7. The molecule has 1 N–H and O–H groups in total. The summed E-state index contributed by atoms with van der Waals surface area (Å²) >= 11 is 2.60. The van der Waals surface area contributed by atoms with Gasteiger partial charge in [-0.2, -0.15) is 0 Å². The van der Waals surface area contributed by atoms with Gasteiger partial charge in [0.1, 0.15) is 0 Å². The van der Waals surface area contributed by atoms with Crippen molar-refractivity contribution in [2.24, 2.45) is 0 Å². The van der Waals surface area contributed by atoms with Gasteiger partial charge in [0.25, 0.3) is 5.22 Å². The predicted octanol–water partition coefficient (Wildman–Crippen LogP) is 5.15. The predicted molar refractivity (Wildman–Crippen MR) is 116 cm³/mol. The maximum Gasteiger partial charge on any atom is 0.277 e. The molecule has 0 bridgehead atoms. The fourth-order valence-corrected chi connectivity index (χ4v) is 3.92. The summed E-state index contributed by atoms with van der Waals surface area (Å²) in [5.41, 5.74) is 4.02. The topological polar surface area (TPSA) is 80.9 Å². The standard InChI is InChI=1S/C21H18N4O2S2/c1-2-14-8-10-15(11-9-14)17-12-28-20(22-17)23-18(26)13-29-21-25-24-19(27-21)16-6-4-3-5-7-16/h3-12H,2,13H2,1H3,(H,22,23,26). The number of amides is 1. The van der Waals surface area contributed by atoms with Crippen molar-refractivity contribution in [2.45, 2.75) is 18.6 Å². The zero-order valence-corrected chi connectivity index (χ0v) is 17.3. The van der Waals surface area contributed by atoms with Crippen LogP contribution in [0.15, 0.2) is 69.6 Å². The molecule has 6 nitrogen and oxygen atoms in total. The maximum absolute atomic E-state index is 12.2. The van der Waals surface area contributed by atoms with E-state index < -0.39 is 0 Å². The van der Waals surface area contributed by atoms with E-state index in [1.165, 1.54) is 28.7 Å². The summed E-state index contributed by atoms with van der Waals surface area (Å²) in [5, 5.41) is 13.7. The molecule has 0 aliphatic rings. The van der Waals surface area contributed by atoms with E-state index in [2.05, 4.69) is 51.7 Å². The Bertz CT molecular complexity index is 1090. The summed E-state index contributed by atoms with van der Waals surface area (Å²) in [6.45, 7) is 2.13. The van der Waals surface area contributed by atoms with E-state index in [9.17, 15) is 4.79 Å². The molecule has 0 aliphatic heterocycles. The average Bonchev–Trinajstić information content (AvgIpc) is 3.43. The van der Waals surface area contributed by atoms with E-state index in [0.717, 1.165) is 23.2 Å². The summed E-state index contributed by atoms with van der Waals surface area (Å²) in [6.07, 6.45) is 1.00. The molecule has 0 fully saturated rings. The van der Waals surface area contributed by atoms with Crippen molar-refractivity contribution in [3.05, 3.63) is 65.5 Å². The number of anilines is 1. The molecule has 0 saturated heterocycles. The summed E-state index contributed by atoms with van der Waals surface area (Å²) in [7, 11) is 0. The Morgan fingerprint density at radius 3 is 2.62 bits per heavy atom. The molecule has 146 valence electrons. The number of thioether (sulfide) groups is 1. The summed E-state index contributed by atoms with van der Waals surface area (Å²) in [4.78, 5) is 16.7. The number of hydrogen-bond donors (Lipinski definition) is 1. The van der Waals surface area contributed by atoms with E-state index in [1.54, 1.807) is 0 Å². The molecular formula is C21H18N4O2S2. The van der Waals surface area contributed by atoms with Crippen molar-refractivity contribution < 1.29 is 9.21 Å². The highest BCUT2D eigenvalue weighted by molar-refractivity contribution is 7.99. The molecule has 2 aromatic heterocycles. The summed E-state index contributed by atoms with van der Waals surface area (Å²) < 4.78 is 5.60. The van der Waals surface area contributed by atoms with Crippen molar-refractivity contribution in [3.63, 3.8) is 0 Å². The van der Waals surface area contributed by atoms with Crippen molar-refractivity contribution >= 4 is 34.1 Å². The maximum atomic E-state index is 12.2. The van der Waals surface area contributed by atoms with Crippen LogP contribution in [-0.4, -0.2) is 26.8 Å². The van der Waals surface area contributed by atoms with Gasteiger partial charge >= 0.3 is 0 Å². The number of aryl methyl sites for hydroxylation is 1. The second kappa shape index (κ2) is 9.02. The Morgan fingerprint density at radius 2 is 1.86 bits per heavy atom. The Kier molecular flexibility index (Phi) is 6.02. The van der Waals surface area contributed by atoms with Gasteiger partial charge in [-0.1, -0.05) is 61.2 Å². The molecule has 0 radical (unpaired) electrons. The molecule has 4 rings (SSSR count). The van der Waals surface area contributed by atoms with Gasteiger partial charge in [-0.15, -0.1) is 21.5 Å². The Balaban J connectivity index is 1.32. The molecule has 0 aliphatic carbocycles. The van der Waals surface area contributed by atoms with E-state index in [-0.39, 0.29) is 11.7 Å². The highest BCUT2D eigenvalue weighted by Gasteiger charge is 2.12. The minimum Gasteiger partial charge on any atom is -0.411 e. The van der Waals surface area contributed by atoms with Gasteiger partial charge in [0.15, 0.2) is 5.13 Å². The number of nitrogens with zero attached hydrogens (tertiary/aromatic N) is 3. The van der Waals surface area contributed by atoms with E-state index in [4.69, 9.17) is 4.42 Å². The molecule has 0 saturated carbocycles. The van der Waals surface area contributed by atoms with Crippen molar-refractivity contribution in [1.82, 2.24) is 15.2 Å². The molecule has 0 spiro atoms. The fourth-order valence-electron chi connectivity index (χ4n) is 2.62. The number of aromatic nitrogens is 3. The van der Waals surface area contributed by atoms with Gasteiger partial charge in [-0.25, -0.2) is 4.98 Å². The molecule has 1 amide bonds. The summed E-state index contributed by atoms with van der Waals surface area (Å²) in [6, 6.07) is 17.8. The van der Waals surface area contributed by atoms with Crippen LogP contribution in [0.3, 0.4) is 0 Å². The molecule has 8 heteroatoms. The van der Waals surface area contributed by atoms with Gasteiger partial charge in [-0.05, 0) is 24.1 Å². The van der Waals surface area contributed by atoms with Gasteiger partial charge < -0.3 is 9.73 Å². The van der Waals surface area contributed by atoms with Gasteiger partial charge in [0.2, 0.25) is 11.8 Å². The molecule has 2 aromatic carbocycles. The number of carbonyl (C=O) groups is 1. The third-order valence-corrected chi connectivity index (χ3v) is 5.74. The zero-order chi connectivity index (χ0) is 20.1. The molecule has 4 aromatic rings. The lowest BCUT2D eigenvalue weighted by atomic mass is 10.1. The smallest absolute Gasteiger partial charge is 0.277 e. The number of thiazole rings is 1. The first-order valence-electron chi connectivity index (χ1n) is 9.07. The van der Waals surface area contributed by atoms with Crippen molar-refractivity contribution in [3.8, 4) is 22.7 Å². The van der Waals surface area contributed by atoms with Crippen LogP contribution in [0.4, 0.5) is 5.13 Å². The number of carbonyl (C=O) groups excluding carboxylic acids is 1. The Hall–Kier alpha value is -2.97. The third-order valence-electron chi connectivity index (χ3n) is 4.16. The lowest BCUT2D eigenvalue weighted by Gasteiger charge is -2.00. The van der Waals surface area contributed by atoms with E-state index >= 15 is 0 Å².